The lowest BCUT2D eigenvalue weighted by Crippen LogP contribution is -2.11. The van der Waals surface area contributed by atoms with Crippen molar-refractivity contribution >= 4 is 17.2 Å². The first-order valence-corrected chi connectivity index (χ1v) is 6.31. The fraction of sp³-hybridized carbons (Fsp3) is 0.200. The highest BCUT2D eigenvalue weighted by Gasteiger charge is 2.25. The van der Waals surface area contributed by atoms with Gasteiger partial charge in [0.05, 0.1) is 5.56 Å². The number of rotatable bonds is 3. The van der Waals surface area contributed by atoms with Crippen molar-refractivity contribution in [3.63, 3.8) is 0 Å². The Morgan fingerprint density at radius 1 is 1.37 bits per heavy atom. The molecule has 3 N–H and O–H groups in total. The van der Waals surface area contributed by atoms with Gasteiger partial charge < -0.3 is 11.1 Å². The SMILES string of the molecule is Nc1ccncc1C(=O)CC1CNc2ccccc21. The molecular weight excluding hydrogens is 238 g/mol. The minimum Gasteiger partial charge on any atom is -0.398 e. The molecule has 0 spiro atoms. The van der Waals surface area contributed by atoms with Crippen molar-refractivity contribution in [2.75, 3.05) is 17.6 Å². The van der Waals surface area contributed by atoms with E-state index in [0.717, 1.165) is 12.2 Å². The lowest BCUT2D eigenvalue weighted by atomic mass is 9.93. The number of nitrogens with zero attached hydrogens (tertiary/aromatic N) is 1. The Morgan fingerprint density at radius 3 is 3.05 bits per heavy atom. The molecule has 0 saturated carbocycles. The summed E-state index contributed by atoms with van der Waals surface area (Å²) < 4.78 is 0. The number of Topliss-reactive ketones (excluding diaryl/α,β-unsaturated/α-hetero) is 1. The van der Waals surface area contributed by atoms with Crippen LogP contribution < -0.4 is 11.1 Å². The number of benzene rings is 1. The first-order chi connectivity index (χ1) is 9.25. The fourth-order valence-electron chi connectivity index (χ4n) is 2.51. The van der Waals surface area contributed by atoms with Gasteiger partial charge >= 0.3 is 0 Å². The molecule has 19 heavy (non-hydrogen) atoms. The van der Waals surface area contributed by atoms with E-state index >= 15 is 0 Å². The minimum atomic E-state index is 0.0501. The molecule has 0 radical (unpaired) electrons. The average Bonchev–Trinajstić information content (AvgIpc) is 2.83. The molecule has 2 heterocycles. The van der Waals surface area contributed by atoms with E-state index in [9.17, 15) is 4.79 Å². The third-order valence-electron chi connectivity index (χ3n) is 3.53. The maximum Gasteiger partial charge on any atom is 0.167 e. The molecule has 96 valence electrons. The lowest BCUT2D eigenvalue weighted by molar-refractivity contribution is 0.0976. The van der Waals surface area contributed by atoms with E-state index in [-0.39, 0.29) is 11.7 Å². The second-order valence-corrected chi connectivity index (χ2v) is 4.76. The largest absolute Gasteiger partial charge is 0.398 e. The molecule has 0 fully saturated rings. The smallest absolute Gasteiger partial charge is 0.167 e. The molecule has 1 aliphatic heterocycles. The molecule has 2 aromatic rings. The number of ketones is 1. The number of carbonyl (C=O) groups excluding carboxylic acids is 1. The number of fused-ring (bicyclic) bond motifs is 1. The monoisotopic (exact) mass is 253 g/mol. The molecule has 1 aromatic carbocycles. The van der Waals surface area contributed by atoms with Crippen molar-refractivity contribution in [3.8, 4) is 0 Å². The van der Waals surface area contributed by atoms with E-state index in [2.05, 4.69) is 16.4 Å². The van der Waals surface area contributed by atoms with Crippen LogP contribution in [0.2, 0.25) is 0 Å². The number of hydrogen-bond donors (Lipinski definition) is 2. The van der Waals surface area contributed by atoms with Gasteiger partial charge in [0.2, 0.25) is 0 Å². The highest BCUT2D eigenvalue weighted by atomic mass is 16.1. The molecule has 1 atom stereocenters. The molecule has 0 bridgehead atoms. The van der Waals surface area contributed by atoms with E-state index in [0.29, 0.717) is 17.7 Å². The summed E-state index contributed by atoms with van der Waals surface area (Å²) in [6.07, 6.45) is 3.60. The second kappa shape index (κ2) is 4.72. The first-order valence-electron chi connectivity index (χ1n) is 6.31. The van der Waals surface area contributed by atoms with Gasteiger partial charge in [-0.15, -0.1) is 0 Å². The van der Waals surface area contributed by atoms with E-state index in [4.69, 9.17) is 5.73 Å². The van der Waals surface area contributed by atoms with Crippen LogP contribution >= 0.6 is 0 Å². The van der Waals surface area contributed by atoms with Crippen LogP contribution in [0.3, 0.4) is 0 Å². The third-order valence-corrected chi connectivity index (χ3v) is 3.53. The number of nitrogen functional groups attached to an aromatic ring is 1. The summed E-state index contributed by atoms with van der Waals surface area (Å²) in [6.45, 7) is 0.797. The van der Waals surface area contributed by atoms with Crippen LogP contribution in [0.1, 0.15) is 28.3 Å². The number of carbonyl (C=O) groups is 1. The zero-order valence-electron chi connectivity index (χ0n) is 10.5. The second-order valence-electron chi connectivity index (χ2n) is 4.76. The Balaban J connectivity index is 1.81. The van der Waals surface area contributed by atoms with Gasteiger partial charge in [0.25, 0.3) is 0 Å². The molecule has 0 saturated heterocycles. The Bertz CT molecular complexity index is 624. The van der Waals surface area contributed by atoms with Gasteiger partial charge in [-0.2, -0.15) is 0 Å². The van der Waals surface area contributed by atoms with Crippen LogP contribution in [-0.4, -0.2) is 17.3 Å². The van der Waals surface area contributed by atoms with E-state index in [1.54, 1.807) is 18.5 Å². The van der Waals surface area contributed by atoms with Crippen LogP contribution in [0.25, 0.3) is 0 Å². The summed E-state index contributed by atoms with van der Waals surface area (Å²) in [7, 11) is 0. The van der Waals surface area contributed by atoms with Crippen molar-refractivity contribution in [1.82, 2.24) is 4.98 Å². The number of hydrogen-bond acceptors (Lipinski definition) is 4. The van der Waals surface area contributed by atoms with Crippen molar-refractivity contribution < 1.29 is 4.79 Å². The average molecular weight is 253 g/mol. The number of anilines is 2. The summed E-state index contributed by atoms with van der Waals surface area (Å²) in [4.78, 5) is 16.3. The third kappa shape index (κ3) is 2.17. The van der Waals surface area contributed by atoms with Crippen LogP contribution in [0.4, 0.5) is 11.4 Å². The Hall–Kier alpha value is -2.36. The highest BCUT2D eigenvalue weighted by Crippen LogP contribution is 2.34. The van der Waals surface area contributed by atoms with Crippen molar-refractivity contribution in [2.45, 2.75) is 12.3 Å². The number of pyridine rings is 1. The summed E-state index contributed by atoms with van der Waals surface area (Å²) in [5.41, 5.74) is 9.16. The van der Waals surface area contributed by atoms with Gasteiger partial charge in [0, 0.05) is 42.7 Å². The molecule has 1 aromatic heterocycles. The van der Waals surface area contributed by atoms with Gasteiger partial charge in [-0.05, 0) is 17.7 Å². The summed E-state index contributed by atoms with van der Waals surface area (Å²) in [5, 5.41) is 3.32. The number of nitrogens with one attached hydrogen (secondary N) is 1. The number of para-hydroxylation sites is 1. The predicted molar refractivity (Wildman–Crippen MR) is 75.3 cm³/mol. The van der Waals surface area contributed by atoms with Gasteiger partial charge in [-0.3, -0.25) is 9.78 Å². The van der Waals surface area contributed by atoms with Gasteiger partial charge in [0.15, 0.2) is 5.78 Å². The number of nitrogens with two attached hydrogens (primary N) is 1. The van der Waals surface area contributed by atoms with Crippen LogP contribution in [0, 0.1) is 0 Å². The summed E-state index contributed by atoms with van der Waals surface area (Å²) >= 11 is 0. The zero-order valence-corrected chi connectivity index (χ0v) is 10.5. The molecule has 0 aliphatic carbocycles. The first kappa shape index (κ1) is 11.7. The van der Waals surface area contributed by atoms with Gasteiger partial charge in [-0.1, -0.05) is 18.2 Å². The topological polar surface area (TPSA) is 68.0 Å². The number of aromatic nitrogens is 1. The van der Waals surface area contributed by atoms with Crippen molar-refractivity contribution in [2.24, 2.45) is 0 Å². The molecule has 4 nitrogen and oxygen atoms in total. The standard InChI is InChI=1S/C15H15N3O/c16-13-5-6-17-9-12(13)15(19)7-10-8-18-14-4-2-1-3-11(10)14/h1-6,9-10,18H,7-8H2,(H2,16,17). The Kier molecular flexibility index (Phi) is 2.91. The van der Waals surface area contributed by atoms with Crippen molar-refractivity contribution in [1.29, 1.82) is 0 Å². The molecule has 4 heteroatoms. The minimum absolute atomic E-state index is 0.0501. The van der Waals surface area contributed by atoms with Crippen LogP contribution in [0.15, 0.2) is 42.7 Å². The van der Waals surface area contributed by atoms with Gasteiger partial charge in [-0.25, -0.2) is 0 Å². The lowest BCUT2D eigenvalue weighted by Gasteiger charge is -2.10. The van der Waals surface area contributed by atoms with E-state index in [1.807, 2.05) is 18.2 Å². The zero-order chi connectivity index (χ0) is 13.2. The van der Waals surface area contributed by atoms with Crippen LogP contribution in [-0.2, 0) is 0 Å². The normalized spacial score (nSPS) is 16.7. The van der Waals surface area contributed by atoms with E-state index in [1.165, 1.54) is 5.56 Å². The Labute approximate surface area is 111 Å². The highest BCUT2D eigenvalue weighted by molar-refractivity contribution is 6.01. The maximum absolute atomic E-state index is 12.3. The summed E-state index contributed by atoms with van der Waals surface area (Å²) in [5.74, 6) is 0.261. The maximum atomic E-state index is 12.3. The Morgan fingerprint density at radius 2 is 2.21 bits per heavy atom. The predicted octanol–water partition coefficient (Wildman–Crippen LogP) is 2.45. The molecule has 3 rings (SSSR count). The molecular formula is C15H15N3O. The molecule has 1 unspecified atom stereocenters. The molecule has 1 aliphatic rings. The van der Waals surface area contributed by atoms with Gasteiger partial charge in [0.1, 0.15) is 0 Å². The van der Waals surface area contributed by atoms with Crippen LogP contribution in [0.5, 0.6) is 0 Å². The fourth-order valence-corrected chi connectivity index (χ4v) is 2.51. The molecule has 0 amide bonds. The van der Waals surface area contributed by atoms with E-state index < -0.39 is 0 Å². The quantitative estimate of drug-likeness (QED) is 0.824. The summed E-state index contributed by atoms with van der Waals surface area (Å²) in [6, 6.07) is 9.77. The van der Waals surface area contributed by atoms with Crippen molar-refractivity contribution in [3.05, 3.63) is 53.9 Å².